The molecular formula is C27H32N4O3. The summed E-state index contributed by atoms with van der Waals surface area (Å²) in [4.78, 5) is 28.0. The summed E-state index contributed by atoms with van der Waals surface area (Å²) in [7, 11) is 0. The third-order valence-electron chi connectivity index (χ3n) is 6.77. The number of amidine groups is 1. The standard InChI is InChI=1S/C27H32N4O3/c1-2-3-13-24(30-14-7-11-21(17-30)27(33)34)31-23-12-5-4-8-19(23)16-22(26(31)32)18-9-6-10-20(15-18)25(28)29/h4-6,8-10,12,15-16,21,24H,2-3,7,11,13-14,17H2,1H3,(H3,28,29)(H,33,34). The van der Waals surface area contributed by atoms with Crippen molar-refractivity contribution in [2.75, 3.05) is 13.1 Å². The first-order valence-corrected chi connectivity index (χ1v) is 12.0. The first kappa shape index (κ1) is 23.7. The van der Waals surface area contributed by atoms with Crippen molar-refractivity contribution < 1.29 is 9.90 Å². The number of aromatic nitrogens is 1. The number of rotatable bonds is 8. The van der Waals surface area contributed by atoms with Gasteiger partial charge in [0.25, 0.3) is 5.56 Å². The first-order valence-electron chi connectivity index (χ1n) is 12.0. The van der Waals surface area contributed by atoms with E-state index in [1.165, 1.54) is 0 Å². The Kier molecular flexibility index (Phi) is 7.12. The molecule has 0 amide bonds. The number of likely N-dealkylation sites (tertiary alicyclic amines) is 1. The fourth-order valence-corrected chi connectivity index (χ4v) is 4.98. The van der Waals surface area contributed by atoms with Crippen LogP contribution in [-0.2, 0) is 4.79 Å². The van der Waals surface area contributed by atoms with E-state index in [4.69, 9.17) is 11.1 Å². The number of pyridine rings is 1. The van der Waals surface area contributed by atoms with E-state index in [0.29, 0.717) is 29.7 Å². The van der Waals surface area contributed by atoms with Crippen molar-refractivity contribution >= 4 is 22.7 Å². The highest BCUT2D eigenvalue weighted by Crippen LogP contribution is 2.30. The van der Waals surface area contributed by atoms with Crippen molar-refractivity contribution in [2.45, 2.75) is 45.2 Å². The van der Waals surface area contributed by atoms with E-state index in [9.17, 15) is 14.7 Å². The molecule has 1 fully saturated rings. The highest BCUT2D eigenvalue weighted by atomic mass is 16.4. The number of benzene rings is 2. The van der Waals surface area contributed by atoms with Gasteiger partial charge in [0.15, 0.2) is 0 Å². The molecule has 1 saturated heterocycles. The van der Waals surface area contributed by atoms with Gasteiger partial charge in [0, 0.05) is 24.2 Å². The molecule has 7 heteroatoms. The molecule has 2 unspecified atom stereocenters. The van der Waals surface area contributed by atoms with Gasteiger partial charge in [-0.1, -0.05) is 56.2 Å². The average molecular weight is 461 g/mol. The SMILES string of the molecule is CCCCC(N1CCCC(C(=O)O)C1)n1c(=O)c(-c2cccc(C(=N)N)c2)cc2ccccc21. The number of piperidine rings is 1. The summed E-state index contributed by atoms with van der Waals surface area (Å²) >= 11 is 0. The van der Waals surface area contributed by atoms with Crippen LogP contribution >= 0.6 is 0 Å². The molecule has 4 N–H and O–H groups in total. The van der Waals surface area contributed by atoms with Crippen molar-refractivity contribution in [1.29, 1.82) is 5.41 Å². The summed E-state index contributed by atoms with van der Waals surface area (Å²) in [6.45, 7) is 3.33. The van der Waals surface area contributed by atoms with E-state index in [0.717, 1.165) is 43.1 Å². The van der Waals surface area contributed by atoms with E-state index in [1.807, 2.05) is 47.0 Å². The van der Waals surface area contributed by atoms with Crippen molar-refractivity contribution in [1.82, 2.24) is 9.47 Å². The van der Waals surface area contributed by atoms with Gasteiger partial charge in [-0.05, 0) is 48.4 Å². The van der Waals surface area contributed by atoms with Gasteiger partial charge in [-0.2, -0.15) is 0 Å². The largest absolute Gasteiger partial charge is 0.481 e. The van der Waals surface area contributed by atoms with E-state index < -0.39 is 11.9 Å². The highest BCUT2D eigenvalue weighted by Gasteiger charge is 2.31. The molecule has 2 atom stereocenters. The van der Waals surface area contributed by atoms with Crippen LogP contribution in [0.1, 0.15) is 50.8 Å². The molecule has 7 nitrogen and oxygen atoms in total. The molecule has 0 saturated carbocycles. The number of hydrogen-bond donors (Lipinski definition) is 3. The lowest BCUT2D eigenvalue weighted by Gasteiger charge is -2.38. The number of hydrogen-bond acceptors (Lipinski definition) is 4. The van der Waals surface area contributed by atoms with Crippen molar-refractivity contribution in [3.05, 3.63) is 70.5 Å². The monoisotopic (exact) mass is 460 g/mol. The second-order valence-electron chi connectivity index (χ2n) is 9.08. The predicted octanol–water partition coefficient (Wildman–Crippen LogP) is 4.44. The summed E-state index contributed by atoms with van der Waals surface area (Å²) in [6.07, 6.45) is 3.93. The third-order valence-corrected chi connectivity index (χ3v) is 6.77. The number of nitrogen functional groups attached to an aromatic ring is 1. The first-order chi connectivity index (χ1) is 16.4. The van der Waals surface area contributed by atoms with Crippen LogP contribution < -0.4 is 11.3 Å². The van der Waals surface area contributed by atoms with Crippen LogP contribution in [0.15, 0.2) is 59.4 Å². The van der Waals surface area contributed by atoms with Crippen LogP contribution in [0.5, 0.6) is 0 Å². The molecule has 178 valence electrons. The van der Waals surface area contributed by atoms with E-state index in [2.05, 4.69) is 11.8 Å². The maximum absolute atomic E-state index is 14.1. The lowest BCUT2D eigenvalue weighted by Crippen LogP contribution is -2.45. The molecule has 34 heavy (non-hydrogen) atoms. The lowest BCUT2D eigenvalue weighted by atomic mass is 9.96. The Morgan fingerprint density at radius 2 is 2.00 bits per heavy atom. The minimum atomic E-state index is -0.772. The maximum atomic E-state index is 14.1. The van der Waals surface area contributed by atoms with Crippen LogP contribution in [0.25, 0.3) is 22.0 Å². The van der Waals surface area contributed by atoms with Crippen molar-refractivity contribution in [2.24, 2.45) is 11.7 Å². The summed E-state index contributed by atoms with van der Waals surface area (Å²) in [5, 5.41) is 18.4. The highest BCUT2D eigenvalue weighted by molar-refractivity contribution is 5.96. The topological polar surface area (TPSA) is 112 Å². The Morgan fingerprint density at radius 1 is 1.21 bits per heavy atom. The molecule has 4 rings (SSSR count). The lowest BCUT2D eigenvalue weighted by molar-refractivity contribution is -0.144. The van der Waals surface area contributed by atoms with Gasteiger partial charge in [-0.25, -0.2) is 0 Å². The van der Waals surface area contributed by atoms with Gasteiger partial charge >= 0.3 is 5.97 Å². The normalized spacial score (nSPS) is 17.5. The number of nitrogens with one attached hydrogen (secondary N) is 1. The van der Waals surface area contributed by atoms with Crippen LogP contribution in [0.3, 0.4) is 0 Å². The minimum absolute atomic E-state index is 0.0446. The fourth-order valence-electron chi connectivity index (χ4n) is 4.98. The zero-order chi connectivity index (χ0) is 24.2. The number of para-hydroxylation sites is 1. The smallest absolute Gasteiger partial charge is 0.307 e. The summed E-state index contributed by atoms with van der Waals surface area (Å²) in [5.41, 5.74) is 8.27. The van der Waals surface area contributed by atoms with Gasteiger partial charge in [-0.15, -0.1) is 0 Å². The number of aliphatic carboxylic acids is 1. The molecule has 2 heterocycles. The molecule has 1 aromatic heterocycles. The van der Waals surface area contributed by atoms with Gasteiger partial charge in [0.1, 0.15) is 5.84 Å². The van der Waals surface area contributed by atoms with Crippen LogP contribution in [0.2, 0.25) is 0 Å². The molecular weight excluding hydrogens is 428 g/mol. The Balaban J connectivity index is 1.90. The van der Waals surface area contributed by atoms with E-state index in [1.54, 1.807) is 12.1 Å². The third kappa shape index (κ3) is 4.75. The molecule has 0 radical (unpaired) electrons. The minimum Gasteiger partial charge on any atom is -0.481 e. The fraction of sp³-hybridized carbons (Fsp3) is 0.370. The quantitative estimate of drug-likeness (QED) is 0.340. The van der Waals surface area contributed by atoms with E-state index in [-0.39, 0.29) is 17.6 Å². The van der Waals surface area contributed by atoms with Gasteiger partial charge < -0.3 is 10.8 Å². The predicted molar refractivity (Wildman–Crippen MR) is 135 cm³/mol. The molecule has 1 aliphatic heterocycles. The Labute approximate surface area is 199 Å². The van der Waals surface area contributed by atoms with Gasteiger partial charge in [0.2, 0.25) is 0 Å². The number of unbranched alkanes of at least 4 members (excludes halogenated alkanes) is 1. The number of nitrogens with two attached hydrogens (primary N) is 1. The second kappa shape index (κ2) is 10.2. The Morgan fingerprint density at radius 3 is 2.74 bits per heavy atom. The number of carboxylic acid groups (broad SMARTS) is 1. The molecule has 2 aromatic carbocycles. The number of fused-ring (bicyclic) bond motifs is 1. The van der Waals surface area contributed by atoms with Crippen LogP contribution in [0.4, 0.5) is 0 Å². The Bertz CT molecular complexity index is 1270. The summed E-state index contributed by atoms with van der Waals surface area (Å²) in [5.74, 6) is -1.24. The molecule has 0 aliphatic carbocycles. The molecule has 0 spiro atoms. The van der Waals surface area contributed by atoms with Gasteiger partial charge in [-0.3, -0.25) is 24.5 Å². The molecule has 0 bridgehead atoms. The maximum Gasteiger partial charge on any atom is 0.307 e. The summed E-state index contributed by atoms with van der Waals surface area (Å²) < 4.78 is 1.87. The van der Waals surface area contributed by atoms with Crippen molar-refractivity contribution in [3.8, 4) is 11.1 Å². The number of carbonyl (C=O) groups is 1. The Hall–Kier alpha value is -3.45. The number of nitrogens with zero attached hydrogens (tertiary/aromatic N) is 2. The van der Waals surface area contributed by atoms with Gasteiger partial charge in [0.05, 0.1) is 17.6 Å². The van der Waals surface area contributed by atoms with Crippen molar-refractivity contribution in [3.63, 3.8) is 0 Å². The van der Waals surface area contributed by atoms with Crippen LogP contribution in [0, 0.1) is 11.3 Å². The zero-order valence-corrected chi connectivity index (χ0v) is 19.5. The summed E-state index contributed by atoms with van der Waals surface area (Å²) in [6, 6.07) is 17.0. The molecule has 1 aliphatic rings. The van der Waals surface area contributed by atoms with E-state index >= 15 is 0 Å². The van der Waals surface area contributed by atoms with Crippen LogP contribution in [-0.4, -0.2) is 39.5 Å². The second-order valence-corrected chi connectivity index (χ2v) is 9.08. The number of carboxylic acids is 1. The average Bonchev–Trinajstić information content (AvgIpc) is 2.85. The molecule has 3 aromatic rings. The zero-order valence-electron chi connectivity index (χ0n) is 19.5.